The van der Waals surface area contributed by atoms with Gasteiger partial charge in [0, 0.05) is 12.1 Å². The van der Waals surface area contributed by atoms with Gasteiger partial charge in [0.25, 0.3) is 11.2 Å². The lowest BCUT2D eigenvalue weighted by Crippen LogP contribution is -2.23. The molecule has 1 heterocycles. The molecular formula is C20H18N4O4S. The number of nitrogens with one attached hydrogen (secondary N) is 1. The number of nitro benzene ring substituents is 1. The van der Waals surface area contributed by atoms with Crippen molar-refractivity contribution in [2.24, 2.45) is 0 Å². The van der Waals surface area contributed by atoms with Crippen molar-refractivity contribution in [3.63, 3.8) is 0 Å². The summed E-state index contributed by atoms with van der Waals surface area (Å²) in [4.78, 5) is 40.5. The van der Waals surface area contributed by atoms with Crippen LogP contribution < -0.4 is 10.9 Å². The highest BCUT2D eigenvalue weighted by atomic mass is 32.2. The third kappa shape index (κ3) is 3.86. The molecule has 1 fully saturated rings. The predicted octanol–water partition coefficient (Wildman–Crippen LogP) is 3.68. The lowest BCUT2D eigenvalue weighted by molar-refractivity contribution is -0.385. The summed E-state index contributed by atoms with van der Waals surface area (Å²) in [7, 11) is 0. The number of para-hydroxylation sites is 1. The summed E-state index contributed by atoms with van der Waals surface area (Å²) in [5, 5.41) is 14.9. The van der Waals surface area contributed by atoms with Gasteiger partial charge in [-0.3, -0.25) is 24.3 Å². The average Bonchev–Trinajstić information content (AvgIpc) is 3.53. The molecule has 2 aromatic carbocycles. The number of benzene rings is 2. The molecule has 1 saturated carbocycles. The van der Waals surface area contributed by atoms with E-state index in [1.54, 1.807) is 29.7 Å². The van der Waals surface area contributed by atoms with E-state index < -0.39 is 4.92 Å². The van der Waals surface area contributed by atoms with E-state index in [4.69, 9.17) is 0 Å². The van der Waals surface area contributed by atoms with Crippen LogP contribution in [0.1, 0.15) is 24.4 Å². The first-order chi connectivity index (χ1) is 14.0. The Morgan fingerprint density at radius 2 is 2.03 bits per heavy atom. The van der Waals surface area contributed by atoms with Crippen molar-refractivity contribution >= 4 is 39.9 Å². The molecule has 1 N–H and O–H groups in total. The number of fused-ring (bicyclic) bond motifs is 1. The van der Waals surface area contributed by atoms with Gasteiger partial charge in [0.1, 0.15) is 0 Å². The zero-order valence-electron chi connectivity index (χ0n) is 15.6. The molecule has 8 nitrogen and oxygen atoms in total. The van der Waals surface area contributed by atoms with Crippen LogP contribution in [0, 0.1) is 17.0 Å². The van der Waals surface area contributed by atoms with Crippen molar-refractivity contribution in [1.82, 2.24) is 9.55 Å². The number of hydrogen-bond acceptors (Lipinski definition) is 6. The van der Waals surface area contributed by atoms with Crippen molar-refractivity contribution < 1.29 is 9.72 Å². The van der Waals surface area contributed by atoms with E-state index in [1.807, 2.05) is 12.1 Å². The monoisotopic (exact) mass is 410 g/mol. The van der Waals surface area contributed by atoms with Gasteiger partial charge in [-0.05, 0) is 38.0 Å². The Labute approximate surface area is 170 Å². The van der Waals surface area contributed by atoms with E-state index in [0.717, 1.165) is 12.8 Å². The molecular weight excluding hydrogens is 392 g/mol. The van der Waals surface area contributed by atoms with Crippen LogP contribution in [0.2, 0.25) is 0 Å². The van der Waals surface area contributed by atoms with Crippen LogP contribution in [0.4, 0.5) is 11.4 Å². The number of thioether (sulfide) groups is 1. The second-order valence-electron chi connectivity index (χ2n) is 6.86. The first-order valence-corrected chi connectivity index (χ1v) is 10.1. The predicted molar refractivity (Wildman–Crippen MR) is 111 cm³/mol. The van der Waals surface area contributed by atoms with Crippen molar-refractivity contribution in [2.75, 3.05) is 11.1 Å². The Morgan fingerprint density at radius 1 is 1.28 bits per heavy atom. The van der Waals surface area contributed by atoms with E-state index in [2.05, 4.69) is 10.3 Å². The fourth-order valence-corrected chi connectivity index (χ4v) is 4.02. The Balaban J connectivity index is 1.55. The zero-order chi connectivity index (χ0) is 20.5. The van der Waals surface area contributed by atoms with E-state index >= 15 is 0 Å². The standard InChI is InChI=1S/C20H18N4O4S/c1-12-15(7-4-8-17(12)24(27)28)21-18(25)11-29-20-22-16-6-3-2-5-14(16)19(26)23(20)13-9-10-13/h2-8,13H,9-11H2,1H3,(H,21,25). The van der Waals surface area contributed by atoms with Crippen LogP contribution in [0.3, 0.4) is 0 Å². The maximum absolute atomic E-state index is 12.9. The molecule has 0 atom stereocenters. The molecule has 0 radical (unpaired) electrons. The summed E-state index contributed by atoms with van der Waals surface area (Å²) in [6, 6.07) is 11.9. The topological polar surface area (TPSA) is 107 Å². The zero-order valence-corrected chi connectivity index (χ0v) is 16.4. The lowest BCUT2D eigenvalue weighted by Gasteiger charge is -2.12. The van der Waals surface area contributed by atoms with E-state index in [0.29, 0.717) is 27.3 Å². The molecule has 0 saturated heterocycles. The number of carbonyl (C=O) groups is 1. The van der Waals surface area contributed by atoms with Gasteiger partial charge in [0.15, 0.2) is 5.16 Å². The number of rotatable bonds is 6. The Hall–Kier alpha value is -3.20. The number of carbonyl (C=O) groups excluding carboxylic acids is 1. The van der Waals surface area contributed by atoms with Crippen LogP contribution >= 0.6 is 11.8 Å². The van der Waals surface area contributed by atoms with Crippen LogP contribution in [0.25, 0.3) is 10.9 Å². The Kier molecular flexibility index (Phi) is 5.06. The summed E-state index contributed by atoms with van der Waals surface area (Å²) in [6.07, 6.45) is 1.85. The summed E-state index contributed by atoms with van der Waals surface area (Å²) in [5.41, 5.74) is 1.27. The number of hydrogen-bond donors (Lipinski definition) is 1. The van der Waals surface area contributed by atoms with Crippen LogP contribution in [-0.2, 0) is 4.79 Å². The molecule has 1 aromatic heterocycles. The minimum Gasteiger partial charge on any atom is -0.325 e. The SMILES string of the molecule is Cc1c(NC(=O)CSc2nc3ccccc3c(=O)n2C2CC2)cccc1[N+](=O)[O-]. The average molecular weight is 410 g/mol. The Bertz CT molecular complexity index is 1190. The van der Waals surface area contributed by atoms with Crippen molar-refractivity contribution in [1.29, 1.82) is 0 Å². The van der Waals surface area contributed by atoms with Gasteiger partial charge in [0.05, 0.1) is 32.8 Å². The fraction of sp³-hybridized carbons (Fsp3) is 0.250. The number of amides is 1. The largest absolute Gasteiger partial charge is 0.325 e. The first-order valence-electron chi connectivity index (χ1n) is 9.13. The molecule has 0 bridgehead atoms. The number of nitro groups is 1. The third-order valence-corrected chi connectivity index (χ3v) is 5.75. The smallest absolute Gasteiger partial charge is 0.274 e. The second kappa shape index (κ2) is 7.67. The van der Waals surface area contributed by atoms with E-state index in [9.17, 15) is 19.7 Å². The molecule has 29 heavy (non-hydrogen) atoms. The van der Waals surface area contributed by atoms with Gasteiger partial charge in [0.2, 0.25) is 5.91 Å². The quantitative estimate of drug-likeness (QED) is 0.287. The molecule has 0 unspecified atom stereocenters. The lowest BCUT2D eigenvalue weighted by atomic mass is 10.1. The van der Waals surface area contributed by atoms with Gasteiger partial charge in [-0.1, -0.05) is 30.0 Å². The molecule has 1 amide bonds. The fourth-order valence-electron chi connectivity index (χ4n) is 3.16. The first kappa shape index (κ1) is 19.1. The van der Waals surface area contributed by atoms with E-state index in [-0.39, 0.29) is 28.9 Å². The van der Waals surface area contributed by atoms with Crippen molar-refractivity contribution in [3.05, 3.63) is 68.5 Å². The third-order valence-electron chi connectivity index (χ3n) is 4.80. The summed E-state index contributed by atoms with van der Waals surface area (Å²) in [6.45, 7) is 1.59. The Morgan fingerprint density at radius 3 is 2.76 bits per heavy atom. The summed E-state index contributed by atoms with van der Waals surface area (Å²) < 4.78 is 1.68. The summed E-state index contributed by atoms with van der Waals surface area (Å²) in [5.74, 6) is -0.275. The minimum atomic E-state index is -0.479. The highest BCUT2D eigenvalue weighted by Gasteiger charge is 2.28. The maximum atomic E-state index is 12.9. The number of nitrogens with zero attached hydrogens (tertiary/aromatic N) is 3. The molecule has 0 aliphatic heterocycles. The van der Waals surface area contributed by atoms with Crippen LogP contribution in [0.5, 0.6) is 0 Å². The maximum Gasteiger partial charge on any atom is 0.274 e. The number of anilines is 1. The van der Waals surface area contributed by atoms with Crippen molar-refractivity contribution in [2.45, 2.75) is 31.0 Å². The van der Waals surface area contributed by atoms with Gasteiger partial charge in [-0.2, -0.15) is 0 Å². The molecule has 0 spiro atoms. The van der Waals surface area contributed by atoms with Gasteiger partial charge < -0.3 is 5.32 Å². The summed E-state index contributed by atoms with van der Waals surface area (Å²) >= 11 is 1.19. The molecule has 1 aliphatic rings. The van der Waals surface area contributed by atoms with E-state index in [1.165, 1.54) is 23.9 Å². The molecule has 9 heteroatoms. The van der Waals surface area contributed by atoms with Gasteiger partial charge in [-0.15, -0.1) is 0 Å². The van der Waals surface area contributed by atoms with Crippen LogP contribution in [0.15, 0.2) is 52.4 Å². The second-order valence-corrected chi connectivity index (χ2v) is 7.80. The molecule has 4 rings (SSSR count). The number of aromatic nitrogens is 2. The van der Waals surface area contributed by atoms with Gasteiger partial charge >= 0.3 is 0 Å². The molecule has 1 aliphatic carbocycles. The van der Waals surface area contributed by atoms with Crippen molar-refractivity contribution in [3.8, 4) is 0 Å². The highest BCUT2D eigenvalue weighted by Crippen LogP contribution is 2.37. The minimum absolute atomic E-state index is 0.0413. The molecule has 148 valence electrons. The highest BCUT2D eigenvalue weighted by molar-refractivity contribution is 7.99. The molecule has 3 aromatic rings. The normalized spacial score (nSPS) is 13.4. The van der Waals surface area contributed by atoms with Crippen LogP contribution in [-0.4, -0.2) is 26.1 Å². The van der Waals surface area contributed by atoms with Gasteiger partial charge in [-0.25, -0.2) is 4.98 Å².